The molecule has 0 unspecified atom stereocenters. The second-order valence-corrected chi connectivity index (χ2v) is 7.31. The first kappa shape index (κ1) is 16.5. The molecule has 0 radical (unpaired) electrons. The van der Waals surface area contributed by atoms with Gasteiger partial charge < -0.3 is 10.2 Å². The van der Waals surface area contributed by atoms with Crippen molar-refractivity contribution in [3.63, 3.8) is 0 Å². The number of benzene rings is 1. The Hall–Kier alpha value is -1.51. The molecule has 0 amide bonds. The van der Waals surface area contributed by atoms with Crippen LogP contribution >= 0.6 is 0 Å². The van der Waals surface area contributed by atoms with Crippen molar-refractivity contribution in [2.45, 2.75) is 54.9 Å². The molecule has 1 aromatic rings. The lowest BCUT2D eigenvalue weighted by molar-refractivity contribution is 0.0695. The number of rotatable bonds is 3. The van der Waals surface area contributed by atoms with Gasteiger partial charge in [0, 0.05) is 0 Å². The Morgan fingerprint density at radius 1 is 1.15 bits per heavy atom. The van der Waals surface area contributed by atoms with Gasteiger partial charge in [-0.3, -0.25) is 0 Å². The minimum Gasteiger partial charge on any atom is -0.508 e. The molecule has 0 aliphatic rings. The maximum Gasteiger partial charge on any atom is 0.336 e. The van der Waals surface area contributed by atoms with Gasteiger partial charge in [-0.15, -0.1) is 0 Å². The van der Waals surface area contributed by atoms with Gasteiger partial charge in [0.15, 0.2) is 0 Å². The number of carbonyl (C=O) groups is 1. The topological polar surface area (TPSA) is 57.5 Å². The molecule has 112 valence electrons. The molecule has 3 heteroatoms. The van der Waals surface area contributed by atoms with Crippen LogP contribution in [0.1, 0.15) is 61.7 Å². The summed E-state index contributed by atoms with van der Waals surface area (Å²) < 4.78 is 0. The SMILES string of the molecule is Cc1cc(O)c(CC(C)(C)C(C)(C)C)c(C)c1C(=O)O. The highest BCUT2D eigenvalue weighted by molar-refractivity contribution is 5.92. The van der Waals surface area contributed by atoms with Crippen molar-refractivity contribution in [3.05, 3.63) is 28.3 Å². The van der Waals surface area contributed by atoms with Crippen LogP contribution in [0.25, 0.3) is 0 Å². The summed E-state index contributed by atoms with van der Waals surface area (Å²) in [6.07, 6.45) is 0.648. The highest BCUT2D eigenvalue weighted by Crippen LogP contribution is 2.43. The molecule has 0 bridgehead atoms. The second-order valence-electron chi connectivity index (χ2n) is 7.31. The van der Waals surface area contributed by atoms with Gasteiger partial charge in [-0.2, -0.15) is 0 Å². The zero-order chi connectivity index (χ0) is 15.9. The van der Waals surface area contributed by atoms with Crippen molar-refractivity contribution in [2.75, 3.05) is 0 Å². The molecule has 0 fully saturated rings. The molecule has 0 aliphatic carbocycles. The van der Waals surface area contributed by atoms with Crippen molar-refractivity contribution in [3.8, 4) is 5.75 Å². The van der Waals surface area contributed by atoms with E-state index < -0.39 is 5.97 Å². The van der Waals surface area contributed by atoms with E-state index in [9.17, 15) is 15.0 Å². The quantitative estimate of drug-likeness (QED) is 0.865. The minimum atomic E-state index is -0.935. The van der Waals surface area contributed by atoms with Crippen molar-refractivity contribution < 1.29 is 15.0 Å². The smallest absolute Gasteiger partial charge is 0.336 e. The molecule has 3 nitrogen and oxygen atoms in total. The molecule has 0 atom stereocenters. The molecule has 0 saturated carbocycles. The predicted molar refractivity (Wildman–Crippen MR) is 81.5 cm³/mol. The lowest BCUT2D eigenvalue weighted by atomic mass is 9.65. The maximum atomic E-state index is 11.4. The van der Waals surface area contributed by atoms with E-state index in [1.54, 1.807) is 19.9 Å². The van der Waals surface area contributed by atoms with Gasteiger partial charge in [0.25, 0.3) is 0 Å². The largest absolute Gasteiger partial charge is 0.508 e. The Bertz CT molecular complexity index is 534. The second kappa shape index (κ2) is 5.12. The summed E-state index contributed by atoms with van der Waals surface area (Å²) in [4.78, 5) is 11.4. The summed E-state index contributed by atoms with van der Waals surface area (Å²) in [5.74, 6) is -0.739. The number of phenolic OH excluding ortho intramolecular Hbond substituents is 1. The maximum absolute atomic E-state index is 11.4. The lowest BCUT2D eigenvalue weighted by Crippen LogP contribution is -2.32. The average Bonchev–Trinajstić information content (AvgIpc) is 2.21. The summed E-state index contributed by atoms with van der Waals surface area (Å²) in [6.45, 7) is 14.3. The van der Waals surface area contributed by atoms with Crippen LogP contribution in [-0.4, -0.2) is 16.2 Å². The van der Waals surface area contributed by atoms with E-state index in [-0.39, 0.29) is 16.6 Å². The van der Waals surface area contributed by atoms with Crippen LogP contribution in [0, 0.1) is 24.7 Å². The zero-order valence-electron chi connectivity index (χ0n) is 13.6. The molecule has 20 heavy (non-hydrogen) atoms. The molecule has 0 heterocycles. The van der Waals surface area contributed by atoms with Crippen molar-refractivity contribution in [1.29, 1.82) is 0 Å². The molecule has 0 spiro atoms. The molecule has 0 aromatic heterocycles. The normalized spacial score (nSPS) is 12.6. The fourth-order valence-corrected chi connectivity index (χ4v) is 2.26. The highest BCUT2D eigenvalue weighted by Gasteiger charge is 2.34. The molecule has 1 rings (SSSR count). The number of phenols is 1. The standard InChI is InChI=1S/C17H26O3/c1-10-8-13(18)12(11(2)14(10)15(19)20)9-17(6,7)16(3,4)5/h8,18H,9H2,1-7H3,(H,19,20). The van der Waals surface area contributed by atoms with Crippen molar-refractivity contribution in [2.24, 2.45) is 10.8 Å². The third-order valence-electron chi connectivity index (χ3n) is 4.75. The number of aryl methyl sites for hydroxylation is 1. The number of hydrogen-bond donors (Lipinski definition) is 2. The predicted octanol–water partition coefficient (Wildman–Crippen LogP) is 4.32. The van der Waals surface area contributed by atoms with Gasteiger partial charge in [0.1, 0.15) is 5.75 Å². The number of aromatic hydroxyl groups is 1. The van der Waals surface area contributed by atoms with Gasteiger partial charge >= 0.3 is 5.97 Å². The van der Waals surface area contributed by atoms with E-state index in [0.717, 1.165) is 5.56 Å². The van der Waals surface area contributed by atoms with E-state index >= 15 is 0 Å². The fraction of sp³-hybridized carbons (Fsp3) is 0.588. The lowest BCUT2D eigenvalue weighted by Gasteiger charge is -2.39. The molecular weight excluding hydrogens is 252 g/mol. The third kappa shape index (κ3) is 2.97. The van der Waals surface area contributed by atoms with E-state index in [4.69, 9.17) is 0 Å². The molecule has 1 aromatic carbocycles. The molecule has 2 N–H and O–H groups in total. The Morgan fingerprint density at radius 2 is 1.65 bits per heavy atom. The van der Waals surface area contributed by atoms with Crippen LogP contribution in [0.4, 0.5) is 0 Å². The summed E-state index contributed by atoms with van der Waals surface area (Å²) >= 11 is 0. The zero-order valence-corrected chi connectivity index (χ0v) is 13.6. The average molecular weight is 278 g/mol. The highest BCUT2D eigenvalue weighted by atomic mass is 16.4. The van der Waals surface area contributed by atoms with Crippen LogP contribution in [0.2, 0.25) is 0 Å². The number of hydrogen-bond acceptors (Lipinski definition) is 2. The van der Waals surface area contributed by atoms with Crippen LogP contribution < -0.4 is 0 Å². The van der Waals surface area contributed by atoms with Gasteiger partial charge in [-0.1, -0.05) is 34.6 Å². The van der Waals surface area contributed by atoms with Crippen LogP contribution in [0.5, 0.6) is 5.75 Å². The first-order valence-corrected chi connectivity index (χ1v) is 6.94. The summed E-state index contributed by atoms with van der Waals surface area (Å²) in [5.41, 5.74) is 2.33. The summed E-state index contributed by atoms with van der Waals surface area (Å²) in [7, 11) is 0. The first-order chi connectivity index (χ1) is 8.88. The summed E-state index contributed by atoms with van der Waals surface area (Å²) in [6, 6.07) is 1.56. The molecule has 0 saturated heterocycles. The van der Waals surface area contributed by atoms with Crippen LogP contribution in [0.15, 0.2) is 6.07 Å². The van der Waals surface area contributed by atoms with E-state index in [1.807, 2.05) is 0 Å². The van der Waals surface area contributed by atoms with Crippen molar-refractivity contribution in [1.82, 2.24) is 0 Å². The summed E-state index contributed by atoms with van der Waals surface area (Å²) in [5, 5.41) is 19.6. The van der Waals surface area contributed by atoms with Crippen LogP contribution in [-0.2, 0) is 6.42 Å². The minimum absolute atomic E-state index is 0.0553. The Balaban J connectivity index is 3.41. The fourth-order valence-electron chi connectivity index (χ4n) is 2.26. The monoisotopic (exact) mass is 278 g/mol. The Morgan fingerprint density at radius 3 is 2.05 bits per heavy atom. The van der Waals surface area contributed by atoms with Gasteiger partial charge in [-0.25, -0.2) is 4.79 Å². The molecule has 0 aliphatic heterocycles. The van der Waals surface area contributed by atoms with E-state index in [2.05, 4.69) is 34.6 Å². The van der Waals surface area contributed by atoms with Gasteiger partial charge in [-0.05, 0) is 53.9 Å². The molecular formula is C17H26O3. The first-order valence-electron chi connectivity index (χ1n) is 6.94. The van der Waals surface area contributed by atoms with Crippen molar-refractivity contribution >= 4 is 5.97 Å². The third-order valence-corrected chi connectivity index (χ3v) is 4.75. The number of carboxylic acids is 1. The van der Waals surface area contributed by atoms with E-state index in [1.165, 1.54) is 0 Å². The van der Waals surface area contributed by atoms with Crippen LogP contribution in [0.3, 0.4) is 0 Å². The van der Waals surface area contributed by atoms with Gasteiger partial charge in [0.2, 0.25) is 0 Å². The number of carboxylic acid groups (broad SMARTS) is 1. The Labute approximate surface area is 121 Å². The Kier molecular flexibility index (Phi) is 4.23. The van der Waals surface area contributed by atoms with Gasteiger partial charge in [0.05, 0.1) is 5.56 Å². The number of aromatic carboxylic acids is 1. The van der Waals surface area contributed by atoms with E-state index in [0.29, 0.717) is 23.1 Å².